The van der Waals surface area contributed by atoms with Gasteiger partial charge < -0.3 is 0 Å². The molecular weight excluding hydrogens is 348 g/mol. The van der Waals surface area contributed by atoms with Gasteiger partial charge in [0.15, 0.2) is 11.6 Å². The molecule has 1 aliphatic rings. The Morgan fingerprint density at radius 2 is 1.58 bits per heavy atom. The number of nitrogens with zero attached hydrogens (tertiary/aromatic N) is 4. The molecule has 1 aromatic heterocycles. The molecule has 2 heterocycles. The lowest BCUT2D eigenvalue weighted by Gasteiger charge is -2.36. The molecule has 3 aromatic rings. The summed E-state index contributed by atoms with van der Waals surface area (Å²) in [6, 6.07) is 8.73. The summed E-state index contributed by atoms with van der Waals surface area (Å²) in [4.78, 5) is 8.37. The lowest BCUT2D eigenvalue weighted by Crippen LogP contribution is -2.45. The van der Waals surface area contributed by atoms with E-state index < -0.39 is 28.7 Å². The number of aromatic nitrogens is 3. The fraction of sp³-hybridized carbons (Fsp3) is 0.222. The minimum absolute atomic E-state index is 0.0282. The van der Waals surface area contributed by atoms with Crippen molar-refractivity contribution in [3.63, 3.8) is 0 Å². The first-order valence-corrected chi connectivity index (χ1v) is 7.79. The van der Waals surface area contributed by atoms with Gasteiger partial charge in [-0.05, 0) is 38.1 Å². The number of rotatable bonds is 1. The quantitative estimate of drug-likeness (QED) is 0.616. The first-order valence-electron chi connectivity index (χ1n) is 7.79. The molecule has 2 aromatic carbocycles. The van der Waals surface area contributed by atoms with Crippen LogP contribution in [-0.2, 0) is 5.92 Å². The Balaban J connectivity index is 2.02. The summed E-state index contributed by atoms with van der Waals surface area (Å²) in [7, 11) is 0. The molecule has 4 rings (SSSR count). The smallest absolute Gasteiger partial charge is 0.268 e. The highest BCUT2D eigenvalue weighted by molar-refractivity contribution is 6.13. The van der Waals surface area contributed by atoms with Crippen LogP contribution in [0.4, 0.5) is 17.6 Å². The molecule has 0 amide bonds. The molecule has 0 N–H and O–H groups in total. The number of para-hydroxylation sites is 1. The van der Waals surface area contributed by atoms with Crippen molar-refractivity contribution in [2.45, 2.75) is 25.3 Å². The second-order valence-corrected chi connectivity index (χ2v) is 6.50. The van der Waals surface area contributed by atoms with E-state index in [9.17, 15) is 17.6 Å². The SMILES string of the molecule is CC1(C)N=C(c2nnc3ccccc3n2)c2ccc(F)c(F)c2C1(F)F. The second kappa shape index (κ2) is 5.30. The molecule has 1 aliphatic heterocycles. The average molecular weight is 360 g/mol. The van der Waals surface area contributed by atoms with E-state index in [-0.39, 0.29) is 17.1 Å². The van der Waals surface area contributed by atoms with Crippen LogP contribution in [0.15, 0.2) is 41.4 Å². The van der Waals surface area contributed by atoms with E-state index in [2.05, 4.69) is 20.2 Å². The van der Waals surface area contributed by atoms with Gasteiger partial charge in [0.1, 0.15) is 16.8 Å². The van der Waals surface area contributed by atoms with Crippen LogP contribution in [0.25, 0.3) is 11.0 Å². The molecule has 0 bridgehead atoms. The largest absolute Gasteiger partial charge is 0.300 e. The lowest BCUT2D eigenvalue weighted by atomic mass is 9.82. The van der Waals surface area contributed by atoms with Gasteiger partial charge in [0.25, 0.3) is 0 Å². The third-order valence-corrected chi connectivity index (χ3v) is 4.40. The van der Waals surface area contributed by atoms with E-state index in [1.54, 1.807) is 24.3 Å². The van der Waals surface area contributed by atoms with Gasteiger partial charge in [-0.1, -0.05) is 12.1 Å². The van der Waals surface area contributed by atoms with E-state index in [1.807, 2.05) is 0 Å². The maximum absolute atomic E-state index is 14.8. The van der Waals surface area contributed by atoms with Gasteiger partial charge in [-0.2, -0.15) is 8.78 Å². The Morgan fingerprint density at radius 1 is 0.885 bits per heavy atom. The van der Waals surface area contributed by atoms with Gasteiger partial charge in [0.05, 0.1) is 11.1 Å². The third kappa shape index (κ3) is 2.21. The van der Waals surface area contributed by atoms with Crippen LogP contribution in [0.3, 0.4) is 0 Å². The van der Waals surface area contributed by atoms with Gasteiger partial charge in [-0.3, -0.25) is 4.99 Å². The second-order valence-electron chi connectivity index (χ2n) is 6.50. The minimum Gasteiger partial charge on any atom is -0.268 e. The Bertz CT molecular complexity index is 1080. The Kier molecular flexibility index (Phi) is 3.37. The van der Waals surface area contributed by atoms with E-state index >= 15 is 0 Å². The topological polar surface area (TPSA) is 51.0 Å². The van der Waals surface area contributed by atoms with Crippen molar-refractivity contribution in [3.05, 3.63) is 65.0 Å². The van der Waals surface area contributed by atoms with Gasteiger partial charge in [-0.25, -0.2) is 13.8 Å². The van der Waals surface area contributed by atoms with Crippen LogP contribution in [0.2, 0.25) is 0 Å². The number of aliphatic imine (C=N–C) groups is 1. The summed E-state index contributed by atoms with van der Waals surface area (Å²) in [6.07, 6.45) is 0. The zero-order valence-corrected chi connectivity index (χ0v) is 13.8. The maximum Gasteiger partial charge on any atom is 0.300 e. The zero-order valence-electron chi connectivity index (χ0n) is 13.8. The molecule has 0 radical (unpaired) electrons. The first-order chi connectivity index (χ1) is 12.2. The van der Waals surface area contributed by atoms with E-state index in [0.29, 0.717) is 11.0 Å². The number of hydrogen-bond acceptors (Lipinski definition) is 4. The summed E-state index contributed by atoms with van der Waals surface area (Å²) in [5, 5.41) is 7.95. The number of halogens is 4. The highest BCUT2D eigenvalue weighted by Crippen LogP contribution is 2.47. The first kappa shape index (κ1) is 16.6. The normalized spacial score (nSPS) is 17.7. The molecule has 0 saturated carbocycles. The maximum atomic E-state index is 14.8. The summed E-state index contributed by atoms with van der Waals surface area (Å²) >= 11 is 0. The number of fused-ring (bicyclic) bond motifs is 2. The minimum atomic E-state index is -3.71. The van der Waals surface area contributed by atoms with Gasteiger partial charge in [0.2, 0.25) is 5.82 Å². The van der Waals surface area contributed by atoms with Crippen LogP contribution in [0.5, 0.6) is 0 Å². The molecule has 0 saturated heterocycles. The summed E-state index contributed by atoms with van der Waals surface area (Å²) in [5.74, 6) is -6.68. The van der Waals surface area contributed by atoms with Crippen molar-refractivity contribution in [1.82, 2.24) is 15.2 Å². The van der Waals surface area contributed by atoms with Gasteiger partial charge in [-0.15, -0.1) is 10.2 Å². The van der Waals surface area contributed by atoms with Crippen LogP contribution < -0.4 is 0 Å². The van der Waals surface area contributed by atoms with Crippen molar-refractivity contribution >= 4 is 16.7 Å². The van der Waals surface area contributed by atoms with Crippen molar-refractivity contribution in [2.24, 2.45) is 4.99 Å². The summed E-state index contributed by atoms with van der Waals surface area (Å²) in [5.41, 5.74) is -2.34. The molecule has 0 atom stereocenters. The number of benzene rings is 2. The van der Waals surface area contributed by atoms with Crippen LogP contribution >= 0.6 is 0 Å². The van der Waals surface area contributed by atoms with Crippen molar-refractivity contribution in [1.29, 1.82) is 0 Å². The molecule has 4 nitrogen and oxygen atoms in total. The Hall–Kier alpha value is -2.90. The Morgan fingerprint density at radius 3 is 2.31 bits per heavy atom. The van der Waals surface area contributed by atoms with E-state index in [0.717, 1.165) is 26.0 Å². The molecule has 26 heavy (non-hydrogen) atoms. The monoisotopic (exact) mass is 360 g/mol. The highest BCUT2D eigenvalue weighted by atomic mass is 19.3. The van der Waals surface area contributed by atoms with E-state index in [4.69, 9.17) is 0 Å². The van der Waals surface area contributed by atoms with Gasteiger partial charge in [0, 0.05) is 5.56 Å². The summed E-state index contributed by atoms with van der Waals surface area (Å²) in [6.45, 7) is 2.30. The number of alkyl halides is 2. The van der Waals surface area contributed by atoms with Crippen molar-refractivity contribution < 1.29 is 17.6 Å². The highest BCUT2D eigenvalue weighted by Gasteiger charge is 2.55. The fourth-order valence-electron chi connectivity index (χ4n) is 2.92. The zero-order chi connectivity index (χ0) is 18.7. The Labute approximate surface area is 145 Å². The molecule has 0 fully saturated rings. The fourth-order valence-corrected chi connectivity index (χ4v) is 2.92. The molecule has 0 spiro atoms. The lowest BCUT2D eigenvalue weighted by molar-refractivity contribution is -0.0715. The van der Waals surface area contributed by atoms with Crippen LogP contribution in [0.1, 0.15) is 30.8 Å². The predicted molar refractivity (Wildman–Crippen MR) is 87.3 cm³/mol. The van der Waals surface area contributed by atoms with E-state index in [1.165, 1.54) is 0 Å². The predicted octanol–water partition coefficient (Wildman–Crippen LogP) is 4.02. The molecule has 0 aliphatic carbocycles. The molecular formula is C18H12F4N4. The summed E-state index contributed by atoms with van der Waals surface area (Å²) < 4.78 is 57.5. The molecule has 8 heteroatoms. The molecule has 0 unspecified atom stereocenters. The van der Waals surface area contributed by atoms with Crippen LogP contribution in [-0.4, -0.2) is 26.4 Å². The molecule has 132 valence electrons. The standard InChI is InChI=1S/C18H12F4N4/c1-17(2)18(21,22)13-9(7-8-10(19)14(13)20)15(24-17)16-23-11-5-3-4-6-12(11)25-26-16/h3-8H,1-2H3. The third-order valence-electron chi connectivity index (χ3n) is 4.40. The van der Waals surface area contributed by atoms with Crippen molar-refractivity contribution in [2.75, 3.05) is 0 Å². The van der Waals surface area contributed by atoms with Crippen molar-refractivity contribution in [3.8, 4) is 0 Å². The number of hydrogen-bond donors (Lipinski definition) is 0. The van der Waals surface area contributed by atoms with Gasteiger partial charge >= 0.3 is 5.92 Å². The van der Waals surface area contributed by atoms with Crippen LogP contribution in [0, 0.1) is 11.6 Å². The average Bonchev–Trinajstić information content (AvgIpc) is 2.60.